The van der Waals surface area contributed by atoms with E-state index in [0.717, 1.165) is 12.1 Å². The van der Waals surface area contributed by atoms with Crippen molar-refractivity contribution in [2.24, 2.45) is 4.99 Å². The van der Waals surface area contributed by atoms with E-state index in [-0.39, 0.29) is 0 Å². The van der Waals surface area contributed by atoms with E-state index in [2.05, 4.69) is 24.0 Å². The Bertz CT molecular complexity index is 360. The molecule has 0 spiro atoms. The first kappa shape index (κ1) is 16.7. The van der Waals surface area contributed by atoms with Crippen molar-refractivity contribution < 1.29 is 5.21 Å². The maximum absolute atomic E-state index is 8.42. The molecule has 0 saturated heterocycles. The van der Waals surface area contributed by atoms with Crippen molar-refractivity contribution in [3.05, 3.63) is 29.8 Å². The highest BCUT2D eigenvalue weighted by molar-refractivity contribution is 5.59. The van der Waals surface area contributed by atoms with Crippen molar-refractivity contribution in [3.8, 4) is 0 Å². The van der Waals surface area contributed by atoms with Gasteiger partial charge in [0.1, 0.15) is 6.34 Å². The summed E-state index contributed by atoms with van der Waals surface area (Å²) in [4.78, 5) is 4.02. The molecule has 0 saturated carbocycles. The van der Waals surface area contributed by atoms with Crippen LogP contribution in [0.2, 0.25) is 0 Å². The molecule has 112 valence electrons. The zero-order valence-corrected chi connectivity index (χ0v) is 12.6. The van der Waals surface area contributed by atoms with Crippen LogP contribution in [0, 0.1) is 0 Å². The molecule has 0 radical (unpaired) electrons. The first-order valence-electron chi connectivity index (χ1n) is 7.88. The summed E-state index contributed by atoms with van der Waals surface area (Å²) in [7, 11) is 0. The summed E-state index contributed by atoms with van der Waals surface area (Å²) in [5.41, 5.74) is 4.13. The lowest BCUT2D eigenvalue weighted by Crippen LogP contribution is -2.00. The smallest absolute Gasteiger partial charge is 0.113 e. The molecule has 1 rings (SSSR count). The summed E-state index contributed by atoms with van der Waals surface area (Å²) in [6, 6.07) is 8.19. The van der Waals surface area contributed by atoms with Crippen LogP contribution >= 0.6 is 0 Å². The molecule has 0 amide bonds. The molecule has 20 heavy (non-hydrogen) atoms. The molecule has 0 aliphatic rings. The monoisotopic (exact) mass is 276 g/mol. The Kier molecular flexibility index (Phi) is 9.58. The SMILES string of the molecule is CCCCCCCCCCc1ccc(N=CNO)cc1. The van der Waals surface area contributed by atoms with E-state index in [1.165, 1.54) is 63.3 Å². The van der Waals surface area contributed by atoms with E-state index in [9.17, 15) is 0 Å². The second kappa shape index (κ2) is 11.5. The van der Waals surface area contributed by atoms with Crippen molar-refractivity contribution in [2.75, 3.05) is 0 Å². The quantitative estimate of drug-likeness (QED) is 0.258. The van der Waals surface area contributed by atoms with Crippen molar-refractivity contribution in [1.82, 2.24) is 5.48 Å². The fourth-order valence-corrected chi connectivity index (χ4v) is 2.32. The van der Waals surface area contributed by atoms with Crippen LogP contribution in [0.5, 0.6) is 0 Å². The van der Waals surface area contributed by atoms with Crippen LogP contribution < -0.4 is 5.48 Å². The number of nitrogens with zero attached hydrogens (tertiary/aromatic N) is 1. The Morgan fingerprint density at radius 1 is 0.950 bits per heavy atom. The van der Waals surface area contributed by atoms with Gasteiger partial charge in [0.25, 0.3) is 0 Å². The Morgan fingerprint density at radius 3 is 2.15 bits per heavy atom. The summed E-state index contributed by atoms with van der Waals surface area (Å²) in [6.45, 7) is 2.26. The first-order valence-corrected chi connectivity index (χ1v) is 7.88. The number of unbranched alkanes of at least 4 members (excludes halogenated alkanes) is 7. The number of hydroxylamine groups is 1. The lowest BCUT2D eigenvalue weighted by atomic mass is 10.0. The van der Waals surface area contributed by atoms with Gasteiger partial charge in [-0.05, 0) is 30.5 Å². The average Bonchev–Trinajstić information content (AvgIpc) is 2.49. The van der Waals surface area contributed by atoms with Crippen molar-refractivity contribution in [1.29, 1.82) is 0 Å². The zero-order chi connectivity index (χ0) is 14.5. The van der Waals surface area contributed by atoms with E-state index in [0.29, 0.717) is 0 Å². The second-order valence-electron chi connectivity index (χ2n) is 5.28. The highest BCUT2D eigenvalue weighted by atomic mass is 16.5. The maximum Gasteiger partial charge on any atom is 0.113 e. The molecule has 0 atom stereocenters. The lowest BCUT2D eigenvalue weighted by molar-refractivity contribution is 0.240. The maximum atomic E-state index is 8.42. The molecule has 0 aromatic heterocycles. The van der Waals surface area contributed by atoms with E-state index in [1.54, 1.807) is 0 Å². The molecule has 0 aliphatic carbocycles. The van der Waals surface area contributed by atoms with Crippen LogP contribution in [0.1, 0.15) is 63.9 Å². The van der Waals surface area contributed by atoms with Gasteiger partial charge in [-0.25, -0.2) is 4.99 Å². The van der Waals surface area contributed by atoms with Crippen LogP contribution in [-0.2, 0) is 6.42 Å². The summed E-state index contributed by atoms with van der Waals surface area (Å²) < 4.78 is 0. The number of hydrogen-bond donors (Lipinski definition) is 2. The van der Waals surface area contributed by atoms with Gasteiger partial charge in [0.15, 0.2) is 0 Å². The topological polar surface area (TPSA) is 44.6 Å². The molecule has 3 heteroatoms. The number of aliphatic imine (C=N–C) groups is 1. The Morgan fingerprint density at radius 2 is 1.55 bits per heavy atom. The van der Waals surface area contributed by atoms with Crippen molar-refractivity contribution in [2.45, 2.75) is 64.7 Å². The number of benzene rings is 1. The highest BCUT2D eigenvalue weighted by Gasteiger charge is 1.95. The molecule has 0 heterocycles. The number of rotatable bonds is 11. The lowest BCUT2D eigenvalue weighted by Gasteiger charge is -2.03. The van der Waals surface area contributed by atoms with Gasteiger partial charge in [-0.15, -0.1) is 0 Å². The summed E-state index contributed by atoms with van der Waals surface area (Å²) >= 11 is 0. The molecule has 0 fully saturated rings. The predicted octanol–water partition coefficient (Wildman–Crippen LogP) is 5.01. The molecular formula is C17H28N2O. The third-order valence-corrected chi connectivity index (χ3v) is 3.53. The summed E-state index contributed by atoms with van der Waals surface area (Å²) in [5.74, 6) is 0. The van der Waals surface area contributed by atoms with E-state index >= 15 is 0 Å². The van der Waals surface area contributed by atoms with Gasteiger partial charge in [-0.2, -0.15) is 0 Å². The molecular weight excluding hydrogens is 248 g/mol. The molecule has 0 bridgehead atoms. The predicted molar refractivity (Wildman–Crippen MR) is 85.8 cm³/mol. The van der Waals surface area contributed by atoms with Crippen LogP contribution in [0.15, 0.2) is 29.3 Å². The normalized spacial score (nSPS) is 11.1. The average molecular weight is 276 g/mol. The van der Waals surface area contributed by atoms with Gasteiger partial charge in [0.05, 0.1) is 5.69 Å². The minimum absolute atomic E-state index is 0.853. The molecule has 1 aromatic rings. The molecule has 1 aromatic carbocycles. The molecule has 2 N–H and O–H groups in total. The largest absolute Gasteiger partial charge is 0.290 e. The molecule has 3 nitrogen and oxygen atoms in total. The number of nitrogens with one attached hydrogen (secondary N) is 1. The van der Waals surface area contributed by atoms with Crippen LogP contribution in [0.4, 0.5) is 5.69 Å². The zero-order valence-electron chi connectivity index (χ0n) is 12.6. The van der Waals surface area contributed by atoms with Crippen LogP contribution in [0.25, 0.3) is 0 Å². The number of hydrogen-bond acceptors (Lipinski definition) is 2. The highest BCUT2D eigenvalue weighted by Crippen LogP contribution is 2.15. The van der Waals surface area contributed by atoms with Crippen LogP contribution in [0.3, 0.4) is 0 Å². The third kappa shape index (κ3) is 7.95. The van der Waals surface area contributed by atoms with Gasteiger partial charge in [-0.3, -0.25) is 10.7 Å². The second-order valence-corrected chi connectivity index (χ2v) is 5.28. The van der Waals surface area contributed by atoms with Gasteiger partial charge in [0, 0.05) is 0 Å². The Balaban J connectivity index is 2.08. The van der Waals surface area contributed by atoms with E-state index in [4.69, 9.17) is 5.21 Å². The summed E-state index contributed by atoms with van der Waals surface area (Å²) in [5, 5.41) is 8.42. The van der Waals surface area contributed by atoms with Gasteiger partial charge in [0.2, 0.25) is 0 Å². The first-order chi connectivity index (χ1) is 9.86. The standard InChI is InChI=1S/C17H28N2O/c1-2-3-4-5-6-7-8-9-10-16-11-13-17(14-12-16)18-15-19-20/h11-15,20H,2-10H2,1H3,(H,18,19). The Labute approximate surface area is 123 Å². The molecule has 0 unspecified atom stereocenters. The number of aryl methyl sites for hydroxylation is 1. The Hall–Kier alpha value is -1.35. The minimum Gasteiger partial charge on any atom is -0.290 e. The van der Waals surface area contributed by atoms with Gasteiger partial charge >= 0.3 is 0 Å². The van der Waals surface area contributed by atoms with Gasteiger partial charge in [-0.1, -0.05) is 64.0 Å². The fourth-order valence-electron chi connectivity index (χ4n) is 2.32. The minimum atomic E-state index is 0.853. The van der Waals surface area contributed by atoms with Crippen molar-refractivity contribution in [3.63, 3.8) is 0 Å². The fraction of sp³-hybridized carbons (Fsp3) is 0.588. The van der Waals surface area contributed by atoms with E-state index < -0.39 is 0 Å². The van der Waals surface area contributed by atoms with Crippen molar-refractivity contribution >= 4 is 12.0 Å². The third-order valence-electron chi connectivity index (χ3n) is 3.53. The summed E-state index contributed by atoms with van der Waals surface area (Å²) in [6.07, 6.45) is 13.3. The van der Waals surface area contributed by atoms with E-state index in [1.807, 2.05) is 17.6 Å². The van der Waals surface area contributed by atoms with Gasteiger partial charge < -0.3 is 0 Å². The molecule has 0 aliphatic heterocycles. The van der Waals surface area contributed by atoms with Crippen LogP contribution in [-0.4, -0.2) is 11.5 Å².